The van der Waals surface area contributed by atoms with Crippen molar-refractivity contribution in [2.45, 2.75) is 25.4 Å². The number of anilines is 2. The van der Waals surface area contributed by atoms with Crippen molar-refractivity contribution in [3.63, 3.8) is 0 Å². The second-order valence-corrected chi connectivity index (χ2v) is 4.93. The molecule has 0 radical (unpaired) electrons. The molecule has 1 atom stereocenters. The van der Waals surface area contributed by atoms with E-state index >= 15 is 0 Å². The minimum Gasteiger partial charge on any atom is -0.384 e. The molecular weight excluding hydrogens is 242 g/mol. The van der Waals surface area contributed by atoms with Crippen LogP contribution in [0.1, 0.15) is 19.8 Å². The summed E-state index contributed by atoms with van der Waals surface area (Å²) in [6.07, 6.45) is 5.70. The van der Waals surface area contributed by atoms with Gasteiger partial charge in [-0.3, -0.25) is 4.98 Å². The van der Waals surface area contributed by atoms with Gasteiger partial charge in [0.25, 0.3) is 0 Å². The third kappa shape index (κ3) is 3.81. The Hall–Kier alpha value is -1.33. The lowest BCUT2D eigenvalue weighted by Gasteiger charge is -2.26. The average Bonchev–Trinajstić information content (AvgIpc) is 2.93. The van der Waals surface area contributed by atoms with Crippen molar-refractivity contribution in [2.24, 2.45) is 0 Å². The van der Waals surface area contributed by atoms with Gasteiger partial charge >= 0.3 is 0 Å². The molecule has 1 aromatic rings. The van der Waals surface area contributed by atoms with E-state index in [0.29, 0.717) is 6.61 Å². The number of ether oxygens (including phenoxy) is 2. The third-order valence-electron chi connectivity index (χ3n) is 3.43. The molecule has 2 N–H and O–H groups in total. The number of hydrogen-bond acceptors (Lipinski definition) is 5. The molecule has 106 valence electrons. The van der Waals surface area contributed by atoms with Gasteiger partial charge in [0.2, 0.25) is 0 Å². The molecule has 0 amide bonds. The summed E-state index contributed by atoms with van der Waals surface area (Å²) in [5.41, 5.74) is 1.85. The van der Waals surface area contributed by atoms with Gasteiger partial charge in [-0.1, -0.05) is 6.92 Å². The second kappa shape index (κ2) is 6.73. The summed E-state index contributed by atoms with van der Waals surface area (Å²) >= 11 is 0. The van der Waals surface area contributed by atoms with Crippen molar-refractivity contribution in [1.29, 1.82) is 0 Å². The van der Waals surface area contributed by atoms with Gasteiger partial charge in [-0.25, -0.2) is 0 Å². The Bertz CT molecular complexity index is 392. The van der Waals surface area contributed by atoms with Gasteiger partial charge in [0.1, 0.15) is 5.60 Å². The van der Waals surface area contributed by atoms with Gasteiger partial charge in [0, 0.05) is 33.2 Å². The second-order valence-electron chi connectivity index (χ2n) is 4.93. The van der Waals surface area contributed by atoms with Crippen molar-refractivity contribution in [3.8, 4) is 0 Å². The molecule has 5 nitrogen and oxygen atoms in total. The number of rotatable bonds is 7. The Morgan fingerprint density at radius 3 is 2.79 bits per heavy atom. The molecule has 1 unspecified atom stereocenters. The molecule has 19 heavy (non-hydrogen) atoms. The first-order chi connectivity index (χ1) is 9.28. The predicted molar refractivity (Wildman–Crippen MR) is 76.7 cm³/mol. The molecule has 0 aliphatic carbocycles. The summed E-state index contributed by atoms with van der Waals surface area (Å²) in [5.74, 6) is 0. The maximum atomic E-state index is 5.59. The predicted octanol–water partition coefficient (Wildman–Crippen LogP) is 2.12. The van der Waals surface area contributed by atoms with Gasteiger partial charge in [0.05, 0.1) is 30.4 Å². The van der Waals surface area contributed by atoms with Gasteiger partial charge < -0.3 is 20.1 Å². The molecule has 1 aromatic heterocycles. The van der Waals surface area contributed by atoms with Crippen molar-refractivity contribution in [1.82, 2.24) is 4.98 Å². The molecule has 1 saturated heterocycles. The molecule has 0 spiro atoms. The van der Waals surface area contributed by atoms with E-state index in [4.69, 9.17) is 9.47 Å². The minimum absolute atomic E-state index is 0.202. The fourth-order valence-electron chi connectivity index (χ4n) is 2.13. The lowest BCUT2D eigenvalue weighted by atomic mass is 10.0. The number of aromatic nitrogens is 1. The first-order valence-electron chi connectivity index (χ1n) is 6.84. The normalized spacial score (nSPS) is 22.4. The van der Waals surface area contributed by atoms with Crippen LogP contribution in [0, 0.1) is 0 Å². The molecule has 0 bridgehead atoms. The number of hydrogen-bond donors (Lipinski definition) is 2. The average molecular weight is 265 g/mol. The van der Waals surface area contributed by atoms with Crippen LogP contribution in [0.4, 0.5) is 11.4 Å². The van der Waals surface area contributed by atoms with Crippen LogP contribution in [0.3, 0.4) is 0 Å². The van der Waals surface area contributed by atoms with Crippen molar-refractivity contribution in [3.05, 3.63) is 18.5 Å². The zero-order valence-electron chi connectivity index (χ0n) is 11.7. The summed E-state index contributed by atoms with van der Waals surface area (Å²) in [6, 6.07) is 2.07. The molecule has 1 aliphatic rings. The minimum atomic E-state index is -0.202. The Morgan fingerprint density at radius 2 is 2.16 bits per heavy atom. The van der Waals surface area contributed by atoms with Crippen LogP contribution in [0.5, 0.6) is 0 Å². The molecular formula is C14H23N3O2. The van der Waals surface area contributed by atoms with Crippen LogP contribution >= 0.6 is 0 Å². The summed E-state index contributed by atoms with van der Waals surface area (Å²) in [7, 11) is 1.74. The lowest BCUT2D eigenvalue weighted by molar-refractivity contribution is -0.00620. The largest absolute Gasteiger partial charge is 0.384 e. The van der Waals surface area contributed by atoms with Crippen LogP contribution < -0.4 is 10.6 Å². The highest BCUT2D eigenvalue weighted by molar-refractivity contribution is 5.54. The Morgan fingerprint density at radius 1 is 1.37 bits per heavy atom. The Labute approximate surface area is 114 Å². The molecule has 5 heteroatoms. The van der Waals surface area contributed by atoms with Gasteiger partial charge in [-0.15, -0.1) is 0 Å². The van der Waals surface area contributed by atoms with Gasteiger partial charge in [-0.05, 0) is 12.5 Å². The highest BCUT2D eigenvalue weighted by Gasteiger charge is 2.34. The first-order valence-corrected chi connectivity index (χ1v) is 6.84. The number of nitrogens with zero attached hydrogens (tertiary/aromatic N) is 1. The molecule has 2 heterocycles. The standard InChI is InChI=1S/C14H23N3O2/c1-3-5-16-12-7-13(9-15-8-12)17-10-14(18-2)4-6-19-11-14/h7-9,16-17H,3-6,10-11H2,1-2H3. The Kier molecular flexibility index (Phi) is 4.99. The van der Waals surface area contributed by atoms with E-state index in [1.54, 1.807) is 7.11 Å². The van der Waals surface area contributed by atoms with Crippen LogP contribution in [-0.2, 0) is 9.47 Å². The summed E-state index contributed by atoms with van der Waals surface area (Å²) < 4.78 is 11.0. The summed E-state index contributed by atoms with van der Waals surface area (Å²) in [4.78, 5) is 4.23. The van der Waals surface area contributed by atoms with Gasteiger partial charge in [-0.2, -0.15) is 0 Å². The third-order valence-corrected chi connectivity index (χ3v) is 3.43. The van der Waals surface area contributed by atoms with Crippen molar-refractivity contribution >= 4 is 11.4 Å². The van der Waals surface area contributed by atoms with E-state index in [1.807, 2.05) is 12.4 Å². The first kappa shape index (κ1) is 14.1. The van der Waals surface area contributed by atoms with E-state index in [9.17, 15) is 0 Å². The molecule has 2 rings (SSSR count). The lowest BCUT2D eigenvalue weighted by Crippen LogP contribution is -2.39. The van der Waals surface area contributed by atoms with Crippen LogP contribution in [0.2, 0.25) is 0 Å². The van der Waals surface area contributed by atoms with Gasteiger partial charge in [0.15, 0.2) is 0 Å². The van der Waals surface area contributed by atoms with Crippen LogP contribution in [0.15, 0.2) is 18.5 Å². The smallest absolute Gasteiger partial charge is 0.110 e. The maximum absolute atomic E-state index is 5.59. The topological polar surface area (TPSA) is 55.4 Å². The fraction of sp³-hybridized carbons (Fsp3) is 0.643. The zero-order valence-corrected chi connectivity index (χ0v) is 11.7. The molecule has 0 aromatic carbocycles. The van der Waals surface area contributed by atoms with E-state index in [0.717, 1.165) is 43.9 Å². The summed E-state index contributed by atoms with van der Waals surface area (Å²) in [5, 5.41) is 6.72. The van der Waals surface area contributed by atoms with Crippen LogP contribution in [-0.4, -0.2) is 44.0 Å². The maximum Gasteiger partial charge on any atom is 0.110 e. The van der Waals surface area contributed by atoms with Crippen molar-refractivity contribution < 1.29 is 9.47 Å². The monoisotopic (exact) mass is 265 g/mol. The molecule has 1 fully saturated rings. The highest BCUT2D eigenvalue weighted by Crippen LogP contribution is 2.23. The van der Waals surface area contributed by atoms with E-state index in [-0.39, 0.29) is 5.60 Å². The SMILES string of the molecule is CCCNc1cncc(NCC2(OC)CCOC2)c1. The fourth-order valence-corrected chi connectivity index (χ4v) is 2.13. The summed E-state index contributed by atoms with van der Waals surface area (Å²) in [6.45, 7) is 5.26. The van der Waals surface area contributed by atoms with Crippen LogP contribution in [0.25, 0.3) is 0 Å². The van der Waals surface area contributed by atoms with E-state index in [2.05, 4.69) is 28.6 Å². The highest BCUT2D eigenvalue weighted by atomic mass is 16.5. The Balaban J connectivity index is 1.91. The van der Waals surface area contributed by atoms with E-state index in [1.165, 1.54) is 0 Å². The number of nitrogens with one attached hydrogen (secondary N) is 2. The number of pyridine rings is 1. The number of methoxy groups -OCH3 is 1. The van der Waals surface area contributed by atoms with E-state index < -0.39 is 0 Å². The molecule has 0 saturated carbocycles. The quantitative estimate of drug-likeness (QED) is 0.791. The van der Waals surface area contributed by atoms with Crippen molar-refractivity contribution in [2.75, 3.05) is 44.0 Å². The zero-order chi connectivity index (χ0) is 13.6. The molecule has 1 aliphatic heterocycles.